The number of nitrogens with zero attached hydrogens (tertiary/aromatic N) is 4. The Morgan fingerprint density at radius 2 is 2.21 bits per heavy atom. The summed E-state index contributed by atoms with van der Waals surface area (Å²) in [6.45, 7) is 2.46. The van der Waals surface area contributed by atoms with Gasteiger partial charge in [0.15, 0.2) is 5.65 Å². The van der Waals surface area contributed by atoms with Crippen LogP contribution in [0.2, 0.25) is 0 Å². The maximum atomic E-state index is 12.7. The molecular weight excluding hydrogens is 370 g/mol. The van der Waals surface area contributed by atoms with E-state index in [1.807, 2.05) is 25.1 Å². The fourth-order valence-electron chi connectivity index (χ4n) is 3.23. The molecule has 4 rings (SSSR count). The van der Waals surface area contributed by atoms with E-state index >= 15 is 0 Å². The molecule has 0 saturated heterocycles. The Labute approximate surface area is 168 Å². The first kappa shape index (κ1) is 19.1. The van der Waals surface area contributed by atoms with E-state index in [2.05, 4.69) is 31.0 Å². The summed E-state index contributed by atoms with van der Waals surface area (Å²) in [4.78, 5) is 21.7. The fourth-order valence-corrected chi connectivity index (χ4v) is 3.23. The summed E-state index contributed by atoms with van der Waals surface area (Å²) < 4.78 is 1.60. The number of aromatic nitrogens is 4. The molecule has 0 radical (unpaired) electrons. The van der Waals surface area contributed by atoms with E-state index in [9.17, 15) is 9.90 Å². The zero-order valence-electron chi connectivity index (χ0n) is 16.6. The van der Waals surface area contributed by atoms with E-state index < -0.39 is 5.60 Å². The van der Waals surface area contributed by atoms with Crippen LogP contribution in [0.3, 0.4) is 0 Å². The van der Waals surface area contributed by atoms with E-state index in [4.69, 9.17) is 0 Å². The topological polar surface area (TPSA) is 116 Å². The first-order valence-corrected chi connectivity index (χ1v) is 9.81. The molecule has 4 N–H and O–H groups in total. The van der Waals surface area contributed by atoms with E-state index in [1.165, 1.54) is 6.20 Å². The molecule has 3 aromatic heterocycles. The van der Waals surface area contributed by atoms with Crippen molar-refractivity contribution in [2.24, 2.45) is 0 Å². The monoisotopic (exact) mass is 395 g/mol. The Balaban J connectivity index is 1.61. The number of rotatable bonds is 8. The highest BCUT2D eigenvalue weighted by atomic mass is 16.3. The highest BCUT2D eigenvalue weighted by molar-refractivity contribution is 6.00. The van der Waals surface area contributed by atoms with Gasteiger partial charge in [0.1, 0.15) is 17.2 Å². The molecule has 1 aliphatic rings. The Bertz CT molecular complexity index is 1040. The molecule has 0 atom stereocenters. The van der Waals surface area contributed by atoms with Gasteiger partial charge in [-0.1, -0.05) is 6.92 Å². The van der Waals surface area contributed by atoms with Gasteiger partial charge in [-0.2, -0.15) is 9.61 Å². The molecule has 0 bridgehead atoms. The lowest BCUT2D eigenvalue weighted by atomic mass is 10.2. The summed E-state index contributed by atoms with van der Waals surface area (Å²) >= 11 is 0. The van der Waals surface area contributed by atoms with Crippen molar-refractivity contribution in [3.8, 4) is 0 Å². The van der Waals surface area contributed by atoms with Gasteiger partial charge in [-0.05, 0) is 37.8 Å². The zero-order chi connectivity index (χ0) is 20.4. The van der Waals surface area contributed by atoms with Gasteiger partial charge in [0.05, 0.1) is 23.2 Å². The average Bonchev–Trinajstić information content (AvgIpc) is 3.30. The maximum Gasteiger partial charge on any atom is 0.256 e. The second kappa shape index (κ2) is 7.67. The van der Waals surface area contributed by atoms with Crippen molar-refractivity contribution < 1.29 is 9.90 Å². The van der Waals surface area contributed by atoms with Gasteiger partial charge in [0, 0.05) is 25.9 Å². The number of nitrogens with one attached hydrogen (secondary N) is 3. The van der Waals surface area contributed by atoms with E-state index in [-0.39, 0.29) is 5.91 Å². The SMILES string of the molecule is CCc1ncccc1Nc1cc(NC)n2ncc(C(=O)NCCC3(O)CC3)c2n1. The van der Waals surface area contributed by atoms with Gasteiger partial charge >= 0.3 is 0 Å². The summed E-state index contributed by atoms with van der Waals surface area (Å²) in [6.07, 6.45) is 6.22. The third kappa shape index (κ3) is 4.00. The number of hydrogen-bond acceptors (Lipinski definition) is 7. The number of pyridine rings is 1. The van der Waals surface area contributed by atoms with Crippen molar-refractivity contribution in [3.63, 3.8) is 0 Å². The zero-order valence-corrected chi connectivity index (χ0v) is 16.6. The van der Waals surface area contributed by atoms with Crippen LogP contribution in [0.1, 0.15) is 42.2 Å². The van der Waals surface area contributed by atoms with Crippen molar-refractivity contribution in [2.45, 2.75) is 38.2 Å². The lowest BCUT2D eigenvalue weighted by molar-refractivity contribution is 0.0937. The van der Waals surface area contributed by atoms with Gasteiger partial charge in [0.2, 0.25) is 0 Å². The first-order chi connectivity index (χ1) is 14.0. The minimum atomic E-state index is -0.594. The summed E-state index contributed by atoms with van der Waals surface area (Å²) in [6, 6.07) is 5.64. The predicted molar refractivity (Wildman–Crippen MR) is 111 cm³/mol. The van der Waals surface area contributed by atoms with Crippen LogP contribution in [0.25, 0.3) is 5.65 Å². The molecule has 1 amide bonds. The predicted octanol–water partition coefficient (Wildman–Crippen LogP) is 2.12. The highest BCUT2D eigenvalue weighted by Crippen LogP contribution is 2.37. The highest BCUT2D eigenvalue weighted by Gasteiger charge is 2.39. The van der Waals surface area contributed by atoms with E-state index in [0.717, 1.165) is 30.6 Å². The Kier molecular flexibility index (Phi) is 5.06. The lowest BCUT2D eigenvalue weighted by Gasteiger charge is -2.12. The van der Waals surface area contributed by atoms with Crippen molar-refractivity contribution >= 4 is 28.9 Å². The van der Waals surface area contributed by atoms with Crippen LogP contribution in [0.5, 0.6) is 0 Å². The van der Waals surface area contributed by atoms with E-state index in [1.54, 1.807) is 17.8 Å². The maximum absolute atomic E-state index is 12.7. The average molecular weight is 395 g/mol. The number of carbonyl (C=O) groups is 1. The molecule has 0 unspecified atom stereocenters. The van der Waals surface area contributed by atoms with Crippen molar-refractivity contribution in [1.29, 1.82) is 0 Å². The third-order valence-electron chi connectivity index (χ3n) is 5.16. The van der Waals surface area contributed by atoms with Crippen LogP contribution in [-0.4, -0.2) is 49.8 Å². The summed E-state index contributed by atoms with van der Waals surface area (Å²) in [5.41, 5.74) is 2.05. The van der Waals surface area contributed by atoms with E-state index in [0.29, 0.717) is 35.8 Å². The molecule has 0 aliphatic heterocycles. The third-order valence-corrected chi connectivity index (χ3v) is 5.16. The molecule has 1 aliphatic carbocycles. The number of anilines is 3. The molecule has 0 spiro atoms. The van der Waals surface area contributed by atoms with Crippen molar-refractivity contribution in [2.75, 3.05) is 24.2 Å². The molecule has 3 aromatic rings. The van der Waals surface area contributed by atoms with Gasteiger partial charge in [-0.3, -0.25) is 9.78 Å². The second-order valence-electron chi connectivity index (χ2n) is 7.28. The second-order valence-corrected chi connectivity index (χ2v) is 7.28. The number of carbonyl (C=O) groups excluding carboxylic acids is 1. The molecule has 1 saturated carbocycles. The molecule has 9 nitrogen and oxygen atoms in total. The largest absolute Gasteiger partial charge is 0.390 e. The molecule has 0 aromatic carbocycles. The van der Waals surface area contributed by atoms with Crippen LogP contribution in [0.15, 0.2) is 30.6 Å². The number of hydrogen-bond donors (Lipinski definition) is 4. The standard InChI is InChI=1S/C20H25N7O2/c1-3-14-15(5-4-9-22-14)25-16-11-17(21-2)27-18(26-16)13(12-24-27)19(28)23-10-8-20(29)6-7-20/h4-5,9,11-12,21,29H,3,6-8,10H2,1-2H3,(H,23,28)(H,25,26). The van der Waals surface area contributed by atoms with Crippen LogP contribution >= 0.6 is 0 Å². The Hall–Kier alpha value is -3.20. The normalized spacial score (nSPS) is 14.6. The molecule has 152 valence electrons. The van der Waals surface area contributed by atoms with Gasteiger partial charge in [0.25, 0.3) is 5.91 Å². The van der Waals surface area contributed by atoms with Crippen LogP contribution in [0.4, 0.5) is 17.3 Å². The van der Waals surface area contributed by atoms with Crippen molar-refractivity contribution in [3.05, 3.63) is 41.9 Å². The summed E-state index contributed by atoms with van der Waals surface area (Å²) in [5, 5.41) is 23.5. The van der Waals surface area contributed by atoms with Crippen LogP contribution in [-0.2, 0) is 6.42 Å². The number of aliphatic hydroxyl groups is 1. The van der Waals surface area contributed by atoms with Gasteiger partial charge < -0.3 is 21.1 Å². The van der Waals surface area contributed by atoms with Crippen LogP contribution in [0, 0.1) is 0 Å². The lowest BCUT2D eigenvalue weighted by Crippen LogP contribution is -2.27. The minimum absolute atomic E-state index is 0.258. The summed E-state index contributed by atoms with van der Waals surface area (Å²) in [7, 11) is 1.79. The Morgan fingerprint density at radius 3 is 2.93 bits per heavy atom. The van der Waals surface area contributed by atoms with Gasteiger partial charge in [-0.15, -0.1) is 0 Å². The fraction of sp³-hybridized carbons (Fsp3) is 0.400. The molecule has 3 heterocycles. The smallest absolute Gasteiger partial charge is 0.256 e. The number of amides is 1. The minimum Gasteiger partial charge on any atom is -0.390 e. The quantitative estimate of drug-likeness (QED) is 0.462. The first-order valence-electron chi connectivity index (χ1n) is 9.81. The molecule has 1 fully saturated rings. The van der Waals surface area contributed by atoms with Crippen molar-refractivity contribution in [1.82, 2.24) is 24.9 Å². The van der Waals surface area contributed by atoms with Gasteiger partial charge in [-0.25, -0.2) is 4.98 Å². The Morgan fingerprint density at radius 1 is 1.38 bits per heavy atom. The molecule has 9 heteroatoms. The number of fused-ring (bicyclic) bond motifs is 1. The van der Waals surface area contributed by atoms with Crippen LogP contribution < -0.4 is 16.0 Å². The molecule has 29 heavy (non-hydrogen) atoms. The summed E-state index contributed by atoms with van der Waals surface area (Å²) in [5.74, 6) is 1.03. The number of aryl methyl sites for hydroxylation is 1. The molecular formula is C20H25N7O2.